The van der Waals surface area contributed by atoms with Gasteiger partial charge in [-0.1, -0.05) is 30.7 Å². The lowest BCUT2D eigenvalue weighted by Crippen LogP contribution is -2.45. The Labute approximate surface area is 227 Å². The Balaban J connectivity index is 1.74. The van der Waals surface area contributed by atoms with Crippen molar-refractivity contribution in [3.8, 4) is 11.5 Å². The van der Waals surface area contributed by atoms with Crippen molar-refractivity contribution in [1.29, 1.82) is 0 Å². The van der Waals surface area contributed by atoms with Crippen molar-refractivity contribution in [2.24, 2.45) is 0 Å². The summed E-state index contributed by atoms with van der Waals surface area (Å²) in [5.41, 5.74) is 1.62. The number of nitrogens with one attached hydrogen (secondary N) is 1. The van der Waals surface area contributed by atoms with Crippen molar-refractivity contribution < 1.29 is 19.1 Å². The van der Waals surface area contributed by atoms with Gasteiger partial charge in [0.05, 0.1) is 20.8 Å². The van der Waals surface area contributed by atoms with Crippen LogP contribution in [0.2, 0.25) is 5.02 Å². The molecule has 3 amide bonds. The summed E-state index contributed by atoms with van der Waals surface area (Å²) in [5, 5.41) is 3.39. The van der Waals surface area contributed by atoms with Gasteiger partial charge in [-0.15, -0.1) is 11.3 Å². The lowest BCUT2D eigenvalue weighted by atomic mass is 10.1. The molecule has 0 saturated carbocycles. The maximum absolute atomic E-state index is 13.5. The summed E-state index contributed by atoms with van der Waals surface area (Å²) >= 11 is 7.72. The molecule has 1 N–H and O–H groups in total. The highest BCUT2D eigenvalue weighted by atomic mass is 35.5. The minimum atomic E-state index is -0.329. The average molecular weight is 544 g/mol. The van der Waals surface area contributed by atoms with E-state index in [2.05, 4.69) is 11.4 Å². The first-order chi connectivity index (χ1) is 17.8. The van der Waals surface area contributed by atoms with Crippen LogP contribution in [-0.2, 0) is 17.8 Å². The summed E-state index contributed by atoms with van der Waals surface area (Å²) in [6.07, 6.45) is 1.37. The van der Waals surface area contributed by atoms with Gasteiger partial charge < -0.3 is 24.6 Å². The molecule has 198 valence electrons. The van der Waals surface area contributed by atoms with E-state index >= 15 is 0 Å². The first-order valence-corrected chi connectivity index (χ1v) is 13.4. The van der Waals surface area contributed by atoms with Gasteiger partial charge in [-0.3, -0.25) is 4.79 Å². The van der Waals surface area contributed by atoms with E-state index in [1.807, 2.05) is 43.0 Å². The molecule has 0 spiro atoms. The zero-order valence-electron chi connectivity index (χ0n) is 21.8. The number of hydrogen-bond acceptors (Lipinski definition) is 5. The Kier molecular flexibility index (Phi) is 10.7. The molecule has 0 radical (unpaired) electrons. The maximum atomic E-state index is 13.5. The summed E-state index contributed by atoms with van der Waals surface area (Å²) in [5.74, 6) is 1.20. The molecular formula is C28H34ClN3O4S. The van der Waals surface area contributed by atoms with Gasteiger partial charge >= 0.3 is 6.03 Å². The number of amides is 3. The number of thiophene rings is 1. The molecule has 1 aromatic heterocycles. The number of halogens is 1. The van der Waals surface area contributed by atoms with Crippen LogP contribution in [0.15, 0.2) is 54.6 Å². The third-order valence-electron chi connectivity index (χ3n) is 5.80. The number of benzene rings is 2. The SMILES string of the molecule is CCCN(CC(=O)N(CCc1ccc(OC)c(OC)c1)Cc1ccc(C)s1)C(=O)Nc1cccc(Cl)c1. The Morgan fingerprint density at radius 1 is 0.973 bits per heavy atom. The standard InChI is InChI=1S/C28H34ClN3O4S/c1-5-14-32(28(34)30-23-8-6-7-22(29)17-23)19-27(33)31(18-24-11-9-20(2)37-24)15-13-21-10-12-25(35-3)26(16-21)36-4/h6-12,16-17H,5,13-15,18-19H2,1-4H3,(H,30,34). The highest BCUT2D eigenvalue weighted by Gasteiger charge is 2.22. The van der Waals surface area contributed by atoms with E-state index in [1.165, 1.54) is 4.88 Å². The smallest absolute Gasteiger partial charge is 0.322 e. The zero-order valence-corrected chi connectivity index (χ0v) is 23.3. The number of rotatable bonds is 12. The number of carbonyl (C=O) groups excluding carboxylic acids is 2. The topological polar surface area (TPSA) is 71.1 Å². The van der Waals surface area contributed by atoms with Crippen LogP contribution in [0.4, 0.5) is 10.5 Å². The molecule has 1 heterocycles. The predicted molar refractivity (Wildman–Crippen MR) is 150 cm³/mol. The molecule has 3 rings (SSSR count). The number of aryl methyl sites for hydroxylation is 1. The van der Waals surface area contributed by atoms with Gasteiger partial charge in [0, 0.05) is 33.6 Å². The van der Waals surface area contributed by atoms with Gasteiger partial charge in [0.25, 0.3) is 0 Å². The number of nitrogens with zero attached hydrogens (tertiary/aromatic N) is 2. The van der Waals surface area contributed by atoms with Crippen molar-refractivity contribution in [3.05, 3.63) is 74.9 Å². The van der Waals surface area contributed by atoms with Gasteiger partial charge in [0.15, 0.2) is 11.5 Å². The molecule has 7 nitrogen and oxygen atoms in total. The number of hydrogen-bond donors (Lipinski definition) is 1. The van der Waals surface area contributed by atoms with Crippen LogP contribution in [0.5, 0.6) is 11.5 Å². The highest BCUT2D eigenvalue weighted by Crippen LogP contribution is 2.28. The summed E-state index contributed by atoms with van der Waals surface area (Å²) in [6.45, 7) is 5.46. The van der Waals surface area contributed by atoms with E-state index in [0.717, 1.165) is 16.9 Å². The molecule has 3 aromatic rings. The van der Waals surface area contributed by atoms with Crippen LogP contribution in [0, 0.1) is 6.92 Å². The van der Waals surface area contributed by atoms with Crippen LogP contribution < -0.4 is 14.8 Å². The Bertz CT molecular complexity index is 1200. The van der Waals surface area contributed by atoms with E-state index < -0.39 is 0 Å². The Morgan fingerprint density at radius 3 is 2.41 bits per heavy atom. The third-order valence-corrected chi connectivity index (χ3v) is 7.02. The molecule has 37 heavy (non-hydrogen) atoms. The van der Waals surface area contributed by atoms with E-state index in [-0.39, 0.29) is 18.5 Å². The Hall–Kier alpha value is -3.23. The summed E-state index contributed by atoms with van der Waals surface area (Å²) in [4.78, 5) is 32.2. The fourth-order valence-corrected chi connectivity index (χ4v) is 5.00. The van der Waals surface area contributed by atoms with Crippen molar-refractivity contribution in [1.82, 2.24) is 9.80 Å². The van der Waals surface area contributed by atoms with Gasteiger partial charge in [-0.2, -0.15) is 0 Å². The van der Waals surface area contributed by atoms with E-state index in [4.69, 9.17) is 21.1 Å². The fourth-order valence-electron chi connectivity index (χ4n) is 3.90. The van der Waals surface area contributed by atoms with Crippen LogP contribution >= 0.6 is 22.9 Å². The number of anilines is 1. The fraction of sp³-hybridized carbons (Fsp3) is 0.357. The van der Waals surface area contributed by atoms with Crippen molar-refractivity contribution in [3.63, 3.8) is 0 Å². The first-order valence-electron chi connectivity index (χ1n) is 12.2. The molecule has 0 unspecified atom stereocenters. The monoisotopic (exact) mass is 543 g/mol. The predicted octanol–water partition coefficient (Wildman–Crippen LogP) is 6.24. The van der Waals surface area contributed by atoms with Crippen molar-refractivity contribution in [2.75, 3.05) is 39.2 Å². The summed E-state index contributed by atoms with van der Waals surface area (Å²) in [6, 6.07) is 16.5. The lowest BCUT2D eigenvalue weighted by molar-refractivity contribution is -0.132. The minimum absolute atomic E-state index is 0.0173. The quantitative estimate of drug-likeness (QED) is 0.293. The van der Waals surface area contributed by atoms with E-state index in [9.17, 15) is 9.59 Å². The average Bonchev–Trinajstić information content (AvgIpc) is 3.30. The number of methoxy groups -OCH3 is 2. The van der Waals surface area contributed by atoms with Crippen LogP contribution in [-0.4, -0.2) is 55.6 Å². The molecule has 0 aliphatic rings. The summed E-state index contributed by atoms with van der Waals surface area (Å²) in [7, 11) is 3.21. The molecule has 2 aromatic carbocycles. The lowest BCUT2D eigenvalue weighted by Gasteiger charge is -2.27. The molecule has 0 bridgehead atoms. The van der Waals surface area contributed by atoms with Gasteiger partial charge in [-0.05, 0) is 67.8 Å². The molecule has 0 aliphatic carbocycles. The van der Waals surface area contributed by atoms with E-state index in [0.29, 0.717) is 48.3 Å². The highest BCUT2D eigenvalue weighted by molar-refractivity contribution is 7.11. The number of carbonyl (C=O) groups is 2. The first kappa shape index (κ1) is 28.3. The molecule has 0 aliphatic heterocycles. The molecule has 9 heteroatoms. The maximum Gasteiger partial charge on any atom is 0.322 e. The second kappa shape index (κ2) is 13.9. The largest absolute Gasteiger partial charge is 0.493 e. The second-order valence-electron chi connectivity index (χ2n) is 8.63. The normalized spacial score (nSPS) is 10.6. The molecule has 0 saturated heterocycles. The third kappa shape index (κ3) is 8.40. The minimum Gasteiger partial charge on any atom is -0.493 e. The second-order valence-corrected chi connectivity index (χ2v) is 10.4. The molecule has 0 atom stereocenters. The summed E-state index contributed by atoms with van der Waals surface area (Å²) < 4.78 is 10.8. The number of urea groups is 1. The Morgan fingerprint density at radius 2 is 1.76 bits per heavy atom. The zero-order chi connectivity index (χ0) is 26.8. The van der Waals surface area contributed by atoms with E-state index in [1.54, 1.807) is 54.7 Å². The van der Waals surface area contributed by atoms with Gasteiger partial charge in [0.2, 0.25) is 5.91 Å². The van der Waals surface area contributed by atoms with Crippen LogP contribution in [0.25, 0.3) is 0 Å². The van der Waals surface area contributed by atoms with Gasteiger partial charge in [0.1, 0.15) is 6.54 Å². The van der Waals surface area contributed by atoms with Crippen LogP contribution in [0.1, 0.15) is 28.7 Å². The van der Waals surface area contributed by atoms with Crippen LogP contribution in [0.3, 0.4) is 0 Å². The molecule has 0 fully saturated rings. The molecular weight excluding hydrogens is 510 g/mol. The van der Waals surface area contributed by atoms with Gasteiger partial charge in [-0.25, -0.2) is 4.79 Å². The van der Waals surface area contributed by atoms with Crippen molar-refractivity contribution >= 4 is 40.6 Å². The number of ether oxygens (including phenoxy) is 2. The van der Waals surface area contributed by atoms with Crippen molar-refractivity contribution in [2.45, 2.75) is 33.2 Å².